The monoisotopic (exact) mass is 250 g/mol. The van der Waals surface area contributed by atoms with E-state index >= 15 is 0 Å². The molecule has 0 spiro atoms. The third-order valence-electron chi connectivity index (χ3n) is 3.87. The predicted molar refractivity (Wildman–Crippen MR) is 66.4 cm³/mol. The van der Waals surface area contributed by atoms with Gasteiger partial charge in [0.2, 0.25) is 0 Å². The molecule has 1 unspecified atom stereocenters. The van der Waals surface area contributed by atoms with E-state index in [1.165, 1.54) is 0 Å². The number of nitrogens with zero attached hydrogens (tertiary/aromatic N) is 2. The highest BCUT2D eigenvalue weighted by Gasteiger charge is 2.42. The van der Waals surface area contributed by atoms with E-state index in [-0.39, 0.29) is 12.5 Å². The fraction of sp³-hybridized carbons (Fsp3) is 0.538. The summed E-state index contributed by atoms with van der Waals surface area (Å²) in [6.07, 6.45) is 0.511. The van der Waals surface area contributed by atoms with E-state index in [2.05, 4.69) is 0 Å². The van der Waals surface area contributed by atoms with E-state index in [1.807, 2.05) is 24.6 Å². The molecular formula is C13H18N2O3. The van der Waals surface area contributed by atoms with Gasteiger partial charge in [-0.05, 0) is 32.4 Å². The van der Waals surface area contributed by atoms with Gasteiger partial charge in [0.25, 0.3) is 5.91 Å². The number of hydrogen-bond acceptors (Lipinski definition) is 2. The van der Waals surface area contributed by atoms with E-state index in [0.29, 0.717) is 18.7 Å². The average molecular weight is 250 g/mol. The smallest absolute Gasteiger partial charge is 0.311 e. The molecule has 1 aromatic rings. The molecule has 1 saturated heterocycles. The Balaban J connectivity index is 2.18. The highest BCUT2D eigenvalue weighted by Crippen LogP contribution is 2.31. The van der Waals surface area contributed by atoms with Crippen molar-refractivity contribution < 1.29 is 14.7 Å². The van der Waals surface area contributed by atoms with Gasteiger partial charge in [-0.1, -0.05) is 0 Å². The minimum absolute atomic E-state index is 0.0874. The number of carbonyl (C=O) groups excluding carboxylic acids is 1. The van der Waals surface area contributed by atoms with Gasteiger partial charge >= 0.3 is 5.97 Å². The van der Waals surface area contributed by atoms with Crippen molar-refractivity contribution in [3.05, 3.63) is 23.5 Å². The predicted octanol–water partition coefficient (Wildman–Crippen LogP) is 1.27. The van der Waals surface area contributed by atoms with Crippen LogP contribution < -0.4 is 0 Å². The highest BCUT2D eigenvalue weighted by molar-refractivity contribution is 5.93. The second kappa shape index (κ2) is 4.15. The van der Waals surface area contributed by atoms with Crippen LogP contribution in [0.25, 0.3) is 0 Å². The molecule has 0 bridgehead atoms. The summed E-state index contributed by atoms with van der Waals surface area (Å²) in [5, 5.41) is 9.16. The lowest BCUT2D eigenvalue weighted by Crippen LogP contribution is -2.35. The molecule has 1 aliphatic rings. The fourth-order valence-electron chi connectivity index (χ4n) is 2.30. The van der Waals surface area contributed by atoms with E-state index in [4.69, 9.17) is 5.11 Å². The maximum atomic E-state index is 12.3. The van der Waals surface area contributed by atoms with Gasteiger partial charge in [0.05, 0.1) is 5.41 Å². The van der Waals surface area contributed by atoms with Crippen molar-refractivity contribution in [1.82, 2.24) is 9.47 Å². The Kier molecular flexibility index (Phi) is 2.92. The zero-order chi connectivity index (χ0) is 13.5. The molecule has 5 heteroatoms. The molecule has 0 radical (unpaired) electrons. The van der Waals surface area contributed by atoms with Crippen molar-refractivity contribution in [2.75, 3.05) is 13.1 Å². The second-order valence-corrected chi connectivity index (χ2v) is 5.26. The normalized spacial score (nSPS) is 23.4. The quantitative estimate of drug-likeness (QED) is 0.859. The van der Waals surface area contributed by atoms with Crippen LogP contribution in [0.3, 0.4) is 0 Å². The van der Waals surface area contributed by atoms with Crippen molar-refractivity contribution in [3.8, 4) is 0 Å². The zero-order valence-corrected chi connectivity index (χ0v) is 10.9. The maximum absolute atomic E-state index is 12.3. The van der Waals surface area contributed by atoms with E-state index in [0.717, 1.165) is 5.69 Å². The molecule has 1 N–H and O–H groups in total. The standard InChI is InChI=1S/C13H18N2O3/c1-9-4-5-10(14(9)3)11(16)15-7-6-13(2,8-15)12(17)18/h4-5H,6-8H2,1-3H3,(H,17,18). The fourth-order valence-corrected chi connectivity index (χ4v) is 2.30. The third-order valence-corrected chi connectivity index (χ3v) is 3.87. The van der Waals surface area contributed by atoms with Crippen molar-refractivity contribution in [1.29, 1.82) is 0 Å². The van der Waals surface area contributed by atoms with Gasteiger partial charge in [0.15, 0.2) is 0 Å². The maximum Gasteiger partial charge on any atom is 0.311 e. The Hall–Kier alpha value is -1.78. The van der Waals surface area contributed by atoms with Gasteiger partial charge in [-0.2, -0.15) is 0 Å². The molecule has 1 aromatic heterocycles. The summed E-state index contributed by atoms with van der Waals surface area (Å²) in [4.78, 5) is 25.1. The number of aryl methyl sites for hydroxylation is 1. The van der Waals surface area contributed by atoms with Crippen LogP contribution in [-0.4, -0.2) is 39.5 Å². The number of carboxylic acid groups (broad SMARTS) is 1. The summed E-state index contributed by atoms with van der Waals surface area (Å²) in [7, 11) is 1.84. The Bertz CT molecular complexity index is 506. The topological polar surface area (TPSA) is 62.5 Å². The number of aromatic nitrogens is 1. The Morgan fingerprint density at radius 3 is 2.50 bits per heavy atom. The first kappa shape index (κ1) is 12.7. The average Bonchev–Trinajstić information content (AvgIpc) is 2.85. The van der Waals surface area contributed by atoms with Crippen molar-refractivity contribution in [2.24, 2.45) is 12.5 Å². The number of rotatable bonds is 2. The molecule has 1 aliphatic heterocycles. The number of hydrogen-bond donors (Lipinski definition) is 1. The lowest BCUT2D eigenvalue weighted by atomic mass is 9.90. The van der Waals surface area contributed by atoms with Gasteiger partial charge in [-0.25, -0.2) is 0 Å². The van der Waals surface area contributed by atoms with Crippen molar-refractivity contribution in [2.45, 2.75) is 20.3 Å². The molecule has 0 saturated carbocycles. The number of likely N-dealkylation sites (tertiary alicyclic amines) is 1. The molecule has 0 aliphatic carbocycles. The van der Waals surface area contributed by atoms with Crippen LogP contribution in [0.5, 0.6) is 0 Å². The molecular weight excluding hydrogens is 232 g/mol. The molecule has 2 rings (SSSR count). The first-order valence-corrected chi connectivity index (χ1v) is 6.00. The number of aliphatic carboxylic acids is 1. The van der Waals surface area contributed by atoms with Crippen LogP contribution >= 0.6 is 0 Å². The minimum atomic E-state index is -0.833. The first-order chi connectivity index (χ1) is 8.35. The second-order valence-electron chi connectivity index (χ2n) is 5.26. The van der Waals surface area contributed by atoms with Crippen molar-refractivity contribution in [3.63, 3.8) is 0 Å². The number of carboxylic acids is 1. The molecule has 0 aromatic carbocycles. The molecule has 1 atom stereocenters. The zero-order valence-electron chi connectivity index (χ0n) is 10.9. The van der Waals surface area contributed by atoms with Crippen LogP contribution in [0.4, 0.5) is 0 Å². The summed E-state index contributed by atoms with van der Waals surface area (Å²) >= 11 is 0. The van der Waals surface area contributed by atoms with Crippen molar-refractivity contribution >= 4 is 11.9 Å². The Morgan fingerprint density at radius 1 is 1.39 bits per heavy atom. The van der Waals surface area contributed by atoms with Gasteiger partial charge in [-0.3, -0.25) is 9.59 Å². The summed E-state index contributed by atoms with van der Waals surface area (Å²) in [6, 6.07) is 3.67. The summed E-state index contributed by atoms with van der Waals surface area (Å²) in [6.45, 7) is 4.41. The van der Waals surface area contributed by atoms with Gasteiger partial charge in [0, 0.05) is 25.8 Å². The summed E-state index contributed by atoms with van der Waals surface area (Å²) in [5.41, 5.74) is 0.816. The lowest BCUT2D eigenvalue weighted by molar-refractivity contribution is -0.147. The Morgan fingerprint density at radius 2 is 2.06 bits per heavy atom. The lowest BCUT2D eigenvalue weighted by Gasteiger charge is -2.20. The summed E-state index contributed by atoms with van der Waals surface area (Å²) in [5.74, 6) is -0.920. The van der Waals surface area contributed by atoms with E-state index < -0.39 is 11.4 Å². The SMILES string of the molecule is Cc1ccc(C(=O)N2CCC(C)(C(=O)O)C2)n1C. The van der Waals surface area contributed by atoms with Gasteiger partial charge in [-0.15, -0.1) is 0 Å². The van der Waals surface area contributed by atoms with Gasteiger partial charge < -0.3 is 14.6 Å². The molecule has 18 heavy (non-hydrogen) atoms. The third kappa shape index (κ3) is 1.89. The van der Waals surface area contributed by atoms with Crippen LogP contribution in [0.1, 0.15) is 29.5 Å². The number of carbonyl (C=O) groups is 2. The van der Waals surface area contributed by atoms with Crippen LogP contribution in [-0.2, 0) is 11.8 Å². The van der Waals surface area contributed by atoms with Crippen LogP contribution in [0.15, 0.2) is 12.1 Å². The largest absolute Gasteiger partial charge is 0.481 e. The Labute approximate surface area is 106 Å². The van der Waals surface area contributed by atoms with Gasteiger partial charge in [0.1, 0.15) is 5.69 Å². The minimum Gasteiger partial charge on any atom is -0.481 e. The molecule has 1 fully saturated rings. The molecule has 1 amide bonds. The number of amides is 1. The van der Waals surface area contributed by atoms with E-state index in [9.17, 15) is 9.59 Å². The van der Waals surface area contributed by atoms with Crippen LogP contribution in [0, 0.1) is 12.3 Å². The summed E-state index contributed by atoms with van der Waals surface area (Å²) < 4.78 is 1.83. The molecule has 98 valence electrons. The molecule has 2 heterocycles. The first-order valence-electron chi connectivity index (χ1n) is 6.00. The molecule has 5 nitrogen and oxygen atoms in total. The van der Waals surface area contributed by atoms with Crippen LogP contribution in [0.2, 0.25) is 0 Å². The van der Waals surface area contributed by atoms with E-state index in [1.54, 1.807) is 17.9 Å². The highest BCUT2D eigenvalue weighted by atomic mass is 16.4.